The molecule has 7 nitrogen and oxygen atoms in total. The smallest absolute Gasteiger partial charge is 0.303 e. The number of ether oxygens (including phenoxy) is 1. The van der Waals surface area contributed by atoms with Gasteiger partial charge in [0.25, 0.3) is 5.91 Å². The first-order chi connectivity index (χ1) is 12.5. The third-order valence-electron chi connectivity index (χ3n) is 4.19. The maximum absolute atomic E-state index is 14.5. The first-order valence-corrected chi connectivity index (χ1v) is 8.26. The Morgan fingerprint density at radius 1 is 1.35 bits per heavy atom. The van der Waals surface area contributed by atoms with Crippen molar-refractivity contribution in [3.8, 4) is 0 Å². The molecule has 1 amide bonds. The first-order valence-electron chi connectivity index (χ1n) is 8.26. The SMILES string of the molecule is CC(=O)OCC(=O)N1CC=C(c2c(F)cccc2Cn2ccnn2)CC1. The number of carbonyl (C=O) groups is 2. The summed E-state index contributed by atoms with van der Waals surface area (Å²) in [4.78, 5) is 24.4. The monoisotopic (exact) mass is 358 g/mol. The van der Waals surface area contributed by atoms with Crippen molar-refractivity contribution in [3.05, 3.63) is 53.6 Å². The number of amides is 1. The topological polar surface area (TPSA) is 77.3 Å². The van der Waals surface area contributed by atoms with Gasteiger partial charge in [0.2, 0.25) is 0 Å². The molecule has 8 heteroatoms. The molecule has 0 radical (unpaired) electrons. The predicted molar refractivity (Wildman–Crippen MR) is 91.3 cm³/mol. The minimum Gasteiger partial charge on any atom is -0.456 e. The first kappa shape index (κ1) is 17.8. The lowest BCUT2D eigenvalue weighted by Gasteiger charge is -2.27. The van der Waals surface area contributed by atoms with Crippen molar-refractivity contribution in [1.29, 1.82) is 0 Å². The minimum absolute atomic E-state index is 0.258. The van der Waals surface area contributed by atoms with Gasteiger partial charge in [-0.1, -0.05) is 23.4 Å². The molecular formula is C18H19FN4O3. The molecule has 0 fully saturated rings. The number of rotatable bonds is 5. The van der Waals surface area contributed by atoms with E-state index in [1.54, 1.807) is 28.0 Å². The van der Waals surface area contributed by atoms with E-state index in [2.05, 4.69) is 10.3 Å². The molecule has 0 atom stereocenters. The van der Waals surface area contributed by atoms with E-state index < -0.39 is 5.97 Å². The molecule has 0 N–H and O–H groups in total. The second kappa shape index (κ2) is 7.90. The summed E-state index contributed by atoms with van der Waals surface area (Å²) in [5.41, 5.74) is 2.21. The molecule has 0 spiro atoms. The molecule has 3 rings (SSSR count). The molecule has 1 aromatic carbocycles. The Kier molecular flexibility index (Phi) is 5.40. The van der Waals surface area contributed by atoms with Crippen molar-refractivity contribution >= 4 is 17.4 Å². The molecule has 1 aliphatic rings. The average molecular weight is 358 g/mol. The Morgan fingerprint density at radius 3 is 2.85 bits per heavy atom. The summed E-state index contributed by atoms with van der Waals surface area (Å²) < 4.78 is 20.9. The highest BCUT2D eigenvalue weighted by molar-refractivity contribution is 5.81. The molecule has 136 valence electrons. The summed E-state index contributed by atoms with van der Waals surface area (Å²) in [7, 11) is 0. The maximum atomic E-state index is 14.5. The van der Waals surface area contributed by atoms with E-state index in [1.807, 2.05) is 12.1 Å². The molecule has 0 bridgehead atoms. The second-order valence-electron chi connectivity index (χ2n) is 5.97. The number of carbonyl (C=O) groups excluding carboxylic acids is 2. The number of hydrogen-bond donors (Lipinski definition) is 0. The van der Waals surface area contributed by atoms with Crippen molar-refractivity contribution < 1.29 is 18.7 Å². The fraction of sp³-hybridized carbons (Fsp3) is 0.333. The van der Waals surface area contributed by atoms with Crippen LogP contribution in [0.1, 0.15) is 24.5 Å². The molecule has 0 saturated heterocycles. The average Bonchev–Trinajstić information content (AvgIpc) is 3.13. The fourth-order valence-electron chi connectivity index (χ4n) is 2.93. The van der Waals surface area contributed by atoms with Crippen LogP contribution in [0, 0.1) is 5.82 Å². The van der Waals surface area contributed by atoms with Gasteiger partial charge in [0.05, 0.1) is 12.7 Å². The Morgan fingerprint density at radius 2 is 2.19 bits per heavy atom. The van der Waals surface area contributed by atoms with Gasteiger partial charge in [0, 0.05) is 31.8 Å². The van der Waals surface area contributed by atoms with Gasteiger partial charge in [0.15, 0.2) is 6.61 Å². The van der Waals surface area contributed by atoms with Gasteiger partial charge in [-0.2, -0.15) is 0 Å². The van der Waals surface area contributed by atoms with Crippen molar-refractivity contribution in [2.45, 2.75) is 19.9 Å². The quantitative estimate of drug-likeness (QED) is 0.760. The van der Waals surface area contributed by atoms with E-state index in [1.165, 1.54) is 13.0 Å². The lowest BCUT2D eigenvalue weighted by molar-refractivity contribution is -0.150. The Hall–Kier alpha value is -3.03. The number of nitrogens with zero attached hydrogens (tertiary/aromatic N) is 4. The zero-order valence-electron chi connectivity index (χ0n) is 14.4. The summed E-state index contributed by atoms with van der Waals surface area (Å²) in [6.45, 7) is 2.21. The van der Waals surface area contributed by atoms with Crippen LogP contribution >= 0.6 is 0 Å². The molecule has 1 aliphatic heterocycles. The van der Waals surface area contributed by atoms with Gasteiger partial charge in [-0.15, -0.1) is 5.10 Å². The predicted octanol–water partition coefficient (Wildman–Crippen LogP) is 1.64. The van der Waals surface area contributed by atoms with Crippen LogP contribution in [0.3, 0.4) is 0 Å². The molecule has 2 heterocycles. The van der Waals surface area contributed by atoms with Crippen molar-refractivity contribution in [2.24, 2.45) is 0 Å². The van der Waals surface area contributed by atoms with E-state index in [-0.39, 0.29) is 18.3 Å². The lowest BCUT2D eigenvalue weighted by atomic mass is 9.94. The van der Waals surface area contributed by atoms with E-state index in [0.29, 0.717) is 31.6 Å². The van der Waals surface area contributed by atoms with Crippen molar-refractivity contribution in [2.75, 3.05) is 19.7 Å². The molecule has 2 aromatic rings. The van der Waals surface area contributed by atoms with Crippen molar-refractivity contribution in [1.82, 2.24) is 19.9 Å². The molecule has 26 heavy (non-hydrogen) atoms. The van der Waals surface area contributed by atoms with E-state index in [0.717, 1.165) is 11.1 Å². The van der Waals surface area contributed by atoms with Crippen LogP contribution in [0.4, 0.5) is 4.39 Å². The Bertz CT molecular complexity index is 833. The van der Waals surface area contributed by atoms with E-state index in [9.17, 15) is 14.0 Å². The van der Waals surface area contributed by atoms with Gasteiger partial charge in [-0.25, -0.2) is 9.07 Å². The zero-order valence-corrected chi connectivity index (χ0v) is 14.4. The van der Waals surface area contributed by atoms with Crippen LogP contribution in [0.5, 0.6) is 0 Å². The standard InChI is InChI=1S/C18H19FN4O3/c1-13(24)26-12-17(25)22-8-5-14(6-9-22)18-15(3-2-4-16(18)19)11-23-10-7-20-21-23/h2-5,7,10H,6,8-9,11-12H2,1H3. The normalized spacial score (nSPS) is 14.1. The molecule has 1 aromatic heterocycles. The third kappa shape index (κ3) is 4.14. The number of hydrogen-bond acceptors (Lipinski definition) is 5. The van der Waals surface area contributed by atoms with Crippen LogP contribution in [-0.2, 0) is 20.9 Å². The zero-order chi connectivity index (χ0) is 18.5. The van der Waals surface area contributed by atoms with E-state index >= 15 is 0 Å². The Labute approximate surface area is 150 Å². The molecular weight excluding hydrogens is 339 g/mol. The largest absolute Gasteiger partial charge is 0.456 e. The number of benzene rings is 1. The highest BCUT2D eigenvalue weighted by Crippen LogP contribution is 2.28. The van der Waals surface area contributed by atoms with Crippen LogP contribution in [0.15, 0.2) is 36.7 Å². The Balaban J connectivity index is 1.76. The molecule has 0 saturated carbocycles. The summed E-state index contributed by atoms with van der Waals surface area (Å²) in [5, 5.41) is 7.69. The number of esters is 1. The van der Waals surface area contributed by atoms with Gasteiger partial charge in [-0.05, 0) is 23.6 Å². The highest BCUT2D eigenvalue weighted by atomic mass is 19.1. The summed E-state index contributed by atoms with van der Waals surface area (Å²) in [6.07, 6.45) is 5.67. The maximum Gasteiger partial charge on any atom is 0.303 e. The number of aromatic nitrogens is 3. The van der Waals surface area contributed by atoms with Crippen molar-refractivity contribution in [3.63, 3.8) is 0 Å². The molecule has 0 aliphatic carbocycles. The summed E-state index contributed by atoms with van der Waals surface area (Å²) in [5.74, 6) is -1.05. The summed E-state index contributed by atoms with van der Waals surface area (Å²) in [6, 6.07) is 4.96. The van der Waals surface area contributed by atoms with E-state index in [4.69, 9.17) is 4.74 Å². The van der Waals surface area contributed by atoms with Gasteiger partial charge < -0.3 is 9.64 Å². The lowest BCUT2D eigenvalue weighted by Crippen LogP contribution is -2.37. The van der Waals surface area contributed by atoms with Crippen LogP contribution in [0.2, 0.25) is 0 Å². The van der Waals surface area contributed by atoms with Crippen LogP contribution < -0.4 is 0 Å². The van der Waals surface area contributed by atoms with Crippen LogP contribution in [-0.4, -0.2) is 51.5 Å². The minimum atomic E-state index is -0.490. The highest BCUT2D eigenvalue weighted by Gasteiger charge is 2.21. The second-order valence-corrected chi connectivity index (χ2v) is 5.97. The summed E-state index contributed by atoms with van der Waals surface area (Å²) >= 11 is 0. The van der Waals surface area contributed by atoms with Gasteiger partial charge in [0.1, 0.15) is 5.82 Å². The fourth-order valence-corrected chi connectivity index (χ4v) is 2.93. The molecule has 0 unspecified atom stereocenters. The van der Waals surface area contributed by atoms with Gasteiger partial charge >= 0.3 is 5.97 Å². The van der Waals surface area contributed by atoms with Gasteiger partial charge in [-0.3, -0.25) is 9.59 Å². The van der Waals surface area contributed by atoms with Crippen LogP contribution in [0.25, 0.3) is 5.57 Å². The third-order valence-corrected chi connectivity index (χ3v) is 4.19. The number of halogens is 1.